The predicted molar refractivity (Wildman–Crippen MR) is 114 cm³/mol. The minimum absolute atomic E-state index is 0.0280. The van der Waals surface area contributed by atoms with Crippen molar-refractivity contribution in [2.75, 3.05) is 18.4 Å². The molecule has 0 spiro atoms. The number of hydrogen-bond donors (Lipinski definition) is 2. The lowest BCUT2D eigenvalue weighted by Crippen LogP contribution is -2.35. The highest BCUT2D eigenvalue weighted by atomic mass is 32.2. The fourth-order valence-corrected chi connectivity index (χ4v) is 7.96. The van der Waals surface area contributed by atoms with Gasteiger partial charge >= 0.3 is 0 Å². The lowest BCUT2D eigenvalue weighted by atomic mass is 9.99. The molecular weight excluding hydrogens is 430 g/mol. The van der Waals surface area contributed by atoms with Crippen molar-refractivity contribution in [2.45, 2.75) is 49.2 Å². The highest BCUT2D eigenvalue weighted by molar-refractivity contribution is 7.91. The first-order valence-corrected chi connectivity index (χ1v) is 12.8. The molecule has 0 unspecified atom stereocenters. The van der Waals surface area contributed by atoms with Crippen LogP contribution in [0.25, 0.3) is 0 Å². The maximum Gasteiger partial charge on any atom is 0.266 e. The zero-order chi connectivity index (χ0) is 20.6. The van der Waals surface area contributed by atoms with E-state index in [1.807, 2.05) is 6.07 Å². The zero-order valence-corrected chi connectivity index (χ0v) is 18.4. The number of piperidine rings is 1. The Kier molecular flexibility index (Phi) is 5.78. The summed E-state index contributed by atoms with van der Waals surface area (Å²) in [5, 5.41) is 2.90. The van der Waals surface area contributed by atoms with E-state index in [1.54, 1.807) is 0 Å². The van der Waals surface area contributed by atoms with Crippen LogP contribution in [0.15, 0.2) is 16.3 Å². The van der Waals surface area contributed by atoms with Crippen LogP contribution in [0.4, 0.5) is 5.00 Å². The van der Waals surface area contributed by atoms with Crippen molar-refractivity contribution in [3.8, 4) is 0 Å². The molecule has 0 radical (unpaired) electrons. The number of amides is 2. The molecule has 2 aromatic heterocycles. The van der Waals surface area contributed by atoms with Gasteiger partial charge in [0.1, 0.15) is 9.21 Å². The van der Waals surface area contributed by atoms with Crippen molar-refractivity contribution in [2.24, 2.45) is 5.73 Å². The monoisotopic (exact) mass is 453 g/mol. The molecule has 0 aromatic carbocycles. The molecule has 4 rings (SSSR count). The van der Waals surface area contributed by atoms with Gasteiger partial charge in [-0.3, -0.25) is 9.59 Å². The summed E-state index contributed by atoms with van der Waals surface area (Å²) in [6.07, 6.45) is 6.86. The third kappa shape index (κ3) is 4.11. The van der Waals surface area contributed by atoms with E-state index in [4.69, 9.17) is 5.73 Å². The molecule has 7 nitrogen and oxygen atoms in total. The van der Waals surface area contributed by atoms with Crippen LogP contribution in [0.5, 0.6) is 0 Å². The zero-order valence-electron chi connectivity index (χ0n) is 15.9. The quantitative estimate of drug-likeness (QED) is 0.724. The Morgan fingerprint density at radius 1 is 1.00 bits per heavy atom. The van der Waals surface area contributed by atoms with Gasteiger partial charge in [-0.2, -0.15) is 4.31 Å². The van der Waals surface area contributed by atoms with Crippen LogP contribution in [0.3, 0.4) is 0 Å². The van der Waals surface area contributed by atoms with Crippen molar-refractivity contribution in [1.82, 2.24) is 4.31 Å². The fourth-order valence-electron chi connectivity index (χ4n) is 3.77. The summed E-state index contributed by atoms with van der Waals surface area (Å²) in [6, 6.07) is 3.18. The Morgan fingerprint density at radius 3 is 2.41 bits per heavy atom. The molecule has 0 atom stereocenters. The average molecular weight is 454 g/mol. The van der Waals surface area contributed by atoms with Gasteiger partial charge in [0.05, 0.1) is 10.4 Å². The van der Waals surface area contributed by atoms with Crippen LogP contribution in [0.2, 0.25) is 0 Å². The van der Waals surface area contributed by atoms with Gasteiger partial charge in [-0.15, -0.1) is 22.7 Å². The number of sulfonamides is 1. The molecule has 2 amide bonds. The molecule has 3 N–H and O–H groups in total. The highest BCUT2D eigenvalue weighted by Crippen LogP contribution is 2.35. The highest BCUT2D eigenvalue weighted by Gasteiger charge is 2.30. The fraction of sp³-hybridized carbons (Fsp3) is 0.474. The number of fused-ring (bicyclic) bond motifs is 1. The maximum absolute atomic E-state index is 12.9. The first kappa shape index (κ1) is 20.5. The third-order valence-corrected chi connectivity index (χ3v) is 9.97. The Hall–Kier alpha value is -1.75. The molecule has 0 saturated carbocycles. The standard InChI is InChI=1S/C19H23N3O4S3/c20-17(23)13-11-16(29(25,26)22-8-4-1-5-9-22)28-19(13)21-18(24)15-10-12-6-2-3-7-14(12)27-15/h10-11H,1-9H2,(H2,20,23)(H,21,24). The van der Waals surface area contributed by atoms with Crippen LogP contribution in [-0.2, 0) is 22.9 Å². The number of anilines is 1. The van der Waals surface area contributed by atoms with E-state index in [0.29, 0.717) is 18.0 Å². The van der Waals surface area contributed by atoms with Gasteiger partial charge in [0.25, 0.3) is 21.8 Å². The van der Waals surface area contributed by atoms with Gasteiger partial charge in [0.2, 0.25) is 0 Å². The van der Waals surface area contributed by atoms with Crippen LogP contribution in [0, 0.1) is 0 Å². The number of rotatable bonds is 5. The summed E-state index contributed by atoms with van der Waals surface area (Å²) in [5.41, 5.74) is 6.69. The number of carbonyl (C=O) groups is 2. The van der Waals surface area contributed by atoms with Gasteiger partial charge < -0.3 is 11.1 Å². The Labute approximate surface area is 178 Å². The molecule has 1 aliphatic carbocycles. The molecular formula is C19H23N3O4S3. The molecule has 29 heavy (non-hydrogen) atoms. The topological polar surface area (TPSA) is 110 Å². The number of nitrogens with one attached hydrogen (secondary N) is 1. The van der Waals surface area contributed by atoms with Crippen molar-refractivity contribution >= 4 is 49.5 Å². The second kappa shape index (κ2) is 8.17. The molecule has 2 aliphatic rings. The van der Waals surface area contributed by atoms with E-state index >= 15 is 0 Å². The minimum atomic E-state index is -3.70. The van der Waals surface area contributed by atoms with E-state index in [0.717, 1.165) is 56.3 Å². The Morgan fingerprint density at radius 2 is 1.72 bits per heavy atom. The maximum atomic E-state index is 12.9. The number of thiophene rings is 2. The SMILES string of the molecule is NC(=O)c1cc(S(=O)(=O)N2CCCCC2)sc1NC(=O)c1cc2c(s1)CCCC2. The van der Waals surface area contributed by atoms with E-state index in [2.05, 4.69) is 5.32 Å². The van der Waals surface area contributed by atoms with Crippen molar-refractivity contribution in [3.63, 3.8) is 0 Å². The van der Waals surface area contributed by atoms with Crippen LogP contribution >= 0.6 is 22.7 Å². The summed E-state index contributed by atoms with van der Waals surface area (Å²) >= 11 is 2.35. The van der Waals surface area contributed by atoms with Gasteiger partial charge in [-0.25, -0.2) is 8.42 Å². The van der Waals surface area contributed by atoms with Crippen LogP contribution in [0.1, 0.15) is 62.6 Å². The number of nitrogens with two attached hydrogens (primary N) is 1. The van der Waals surface area contributed by atoms with Crippen molar-refractivity contribution < 1.29 is 18.0 Å². The van der Waals surface area contributed by atoms with Gasteiger partial charge in [-0.1, -0.05) is 6.42 Å². The number of aryl methyl sites for hydroxylation is 2. The Bertz CT molecular complexity index is 1030. The molecule has 0 bridgehead atoms. The molecule has 2 aromatic rings. The summed E-state index contributed by atoms with van der Waals surface area (Å²) in [6.45, 7) is 0.934. The smallest absolute Gasteiger partial charge is 0.266 e. The van der Waals surface area contributed by atoms with E-state index in [9.17, 15) is 18.0 Å². The number of primary amides is 1. The second-order valence-corrected chi connectivity index (χ2v) is 11.7. The van der Waals surface area contributed by atoms with Crippen molar-refractivity contribution in [3.05, 3.63) is 33.0 Å². The summed E-state index contributed by atoms with van der Waals surface area (Å²) < 4.78 is 27.3. The lowest BCUT2D eigenvalue weighted by Gasteiger charge is -2.25. The van der Waals surface area contributed by atoms with Gasteiger partial charge in [0, 0.05) is 18.0 Å². The molecule has 1 saturated heterocycles. The number of carbonyl (C=O) groups excluding carboxylic acids is 2. The number of hydrogen-bond acceptors (Lipinski definition) is 6. The molecule has 10 heteroatoms. The van der Waals surface area contributed by atoms with Gasteiger partial charge in [0.15, 0.2) is 0 Å². The van der Waals surface area contributed by atoms with Crippen LogP contribution < -0.4 is 11.1 Å². The second-order valence-electron chi connectivity index (χ2n) is 7.36. The predicted octanol–water partition coefficient (Wildman–Crippen LogP) is 3.21. The third-order valence-electron chi connectivity index (χ3n) is 5.33. The molecule has 156 valence electrons. The van der Waals surface area contributed by atoms with Crippen LogP contribution in [-0.4, -0.2) is 37.6 Å². The largest absolute Gasteiger partial charge is 0.366 e. The summed E-state index contributed by atoms with van der Waals surface area (Å²) in [5.74, 6) is -1.10. The summed E-state index contributed by atoms with van der Waals surface area (Å²) in [7, 11) is -3.70. The molecule has 1 fully saturated rings. The van der Waals surface area contributed by atoms with E-state index in [-0.39, 0.29) is 20.7 Å². The van der Waals surface area contributed by atoms with Gasteiger partial charge in [-0.05, 0) is 56.2 Å². The first-order valence-electron chi connectivity index (χ1n) is 9.73. The summed E-state index contributed by atoms with van der Waals surface area (Å²) in [4.78, 5) is 26.5. The Balaban J connectivity index is 1.60. The number of nitrogens with zero attached hydrogens (tertiary/aromatic N) is 1. The van der Waals surface area contributed by atoms with E-state index < -0.39 is 15.9 Å². The van der Waals surface area contributed by atoms with E-state index in [1.165, 1.54) is 32.1 Å². The first-order chi connectivity index (χ1) is 13.9. The lowest BCUT2D eigenvalue weighted by molar-refractivity contribution is 0.100. The minimum Gasteiger partial charge on any atom is -0.366 e. The average Bonchev–Trinajstić information content (AvgIpc) is 3.33. The molecule has 3 heterocycles. The molecule has 1 aliphatic heterocycles. The van der Waals surface area contributed by atoms with Crippen molar-refractivity contribution in [1.29, 1.82) is 0 Å². The normalized spacial score (nSPS) is 17.7.